The Balaban J connectivity index is 1.63. The third-order valence-electron chi connectivity index (χ3n) is 4.10. The Morgan fingerprint density at radius 2 is 1.54 bits per heavy atom. The van der Waals surface area contributed by atoms with Crippen molar-refractivity contribution < 1.29 is 14.3 Å². The summed E-state index contributed by atoms with van der Waals surface area (Å²) in [5.74, 6) is 0.104. The predicted octanol–water partition coefficient (Wildman–Crippen LogP) is 4.65. The molecule has 0 saturated heterocycles. The van der Waals surface area contributed by atoms with Gasteiger partial charge in [0.05, 0.1) is 0 Å². The molecule has 2 N–H and O–H groups in total. The molecule has 0 radical (unpaired) electrons. The molecule has 3 aromatic rings. The molecule has 0 aliphatic rings. The van der Waals surface area contributed by atoms with E-state index in [4.69, 9.17) is 4.74 Å². The number of carbonyl (C=O) groups is 2. The van der Waals surface area contributed by atoms with Crippen LogP contribution in [0.15, 0.2) is 78.9 Å². The van der Waals surface area contributed by atoms with E-state index in [9.17, 15) is 9.59 Å². The molecule has 0 aromatic heterocycles. The largest absolute Gasteiger partial charge is 0.481 e. The lowest BCUT2D eigenvalue weighted by atomic mass is 10.1. The van der Waals surface area contributed by atoms with Crippen LogP contribution in [0.4, 0.5) is 11.4 Å². The first-order chi connectivity index (χ1) is 13.5. The maximum Gasteiger partial charge on any atom is 0.265 e. The summed E-state index contributed by atoms with van der Waals surface area (Å²) in [6.45, 7) is 3.65. The first-order valence-electron chi connectivity index (χ1n) is 9.02. The Morgan fingerprint density at radius 1 is 0.821 bits per heavy atom. The number of amides is 2. The van der Waals surface area contributed by atoms with E-state index in [0.717, 1.165) is 5.56 Å². The van der Waals surface area contributed by atoms with Gasteiger partial charge in [-0.25, -0.2) is 0 Å². The minimum atomic E-state index is -0.677. The van der Waals surface area contributed by atoms with Gasteiger partial charge in [-0.1, -0.05) is 36.4 Å². The topological polar surface area (TPSA) is 67.4 Å². The van der Waals surface area contributed by atoms with Crippen molar-refractivity contribution in [3.8, 4) is 5.75 Å². The fourth-order valence-electron chi connectivity index (χ4n) is 2.65. The van der Waals surface area contributed by atoms with E-state index in [1.54, 1.807) is 31.2 Å². The Morgan fingerprint density at radius 3 is 2.29 bits per heavy atom. The lowest BCUT2D eigenvalue weighted by molar-refractivity contribution is -0.122. The zero-order valence-corrected chi connectivity index (χ0v) is 15.8. The molecule has 1 unspecified atom stereocenters. The number of hydrogen-bond acceptors (Lipinski definition) is 3. The SMILES string of the molecule is Cc1cccc(OC(C)C(=O)Nc2cccc(C(=O)Nc3ccccc3)c2)c1. The highest BCUT2D eigenvalue weighted by Crippen LogP contribution is 2.17. The molecule has 0 heterocycles. The molecule has 0 aliphatic heterocycles. The standard InChI is InChI=1S/C23H22N2O3/c1-16-8-6-13-21(14-16)28-17(2)22(26)25-20-12-7-9-18(15-20)23(27)24-19-10-4-3-5-11-19/h3-15,17H,1-2H3,(H,24,27)(H,25,26). The van der Waals surface area contributed by atoms with Gasteiger partial charge in [0.15, 0.2) is 6.10 Å². The number of para-hydroxylation sites is 1. The van der Waals surface area contributed by atoms with Crippen LogP contribution in [0.1, 0.15) is 22.8 Å². The molecular formula is C23H22N2O3. The zero-order valence-electron chi connectivity index (χ0n) is 15.8. The molecule has 5 heteroatoms. The normalized spacial score (nSPS) is 11.4. The second-order valence-corrected chi connectivity index (χ2v) is 6.47. The molecule has 3 rings (SSSR count). The second-order valence-electron chi connectivity index (χ2n) is 6.47. The second kappa shape index (κ2) is 8.86. The number of nitrogens with one attached hydrogen (secondary N) is 2. The monoisotopic (exact) mass is 374 g/mol. The van der Waals surface area contributed by atoms with Gasteiger partial charge in [0.1, 0.15) is 5.75 Å². The van der Waals surface area contributed by atoms with Crippen molar-refractivity contribution in [2.75, 3.05) is 10.6 Å². The third kappa shape index (κ3) is 5.20. The van der Waals surface area contributed by atoms with Crippen molar-refractivity contribution in [3.05, 3.63) is 90.0 Å². The van der Waals surface area contributed by atoms with Crippen molar-refractivity contribution >= 4 is 23.2 Å². The van der Waals surface area contributed by atoms with Gasteiger partial charge in [-0.15, -0.1) is 0 Å². The minimum absolute atomic E-state index is 0.244. The number of aryl methyl sites for hydroxylation is 1. The van der Waals surface area contributed by atoms with Crippen molar-refractivity contribution in [1.82, 2.24) is 0 Å². The quantitative estimate of drug-likeness (QED) is 0.660. The van der Waals surface area contributed by atoms with Gasteiger partial charge < -0.3 is 15.4 Å². The highest BCUT2D eigenvalue weighted by atomic mass is 16.5. The fourth-order valence-corrected chi connectivity index (χ4v) is 2.65. The van der Waals surface area contributed by atoms with Crippen LogP contribution in [0.3, 0.4) is 0 Å². The smallest absolute Gasteiger partial charge is 0.265 e. The van der Waals surface area contributed by atoms with E-state index in [1.807, 2.05) is 61.5 Å². The van der Waals surface area contributed by atoms with E-state index >= 15 is 0 Å². The summed E-state index contributed by atoms with van der Waals surface area (Å²) in [4.78, 5) is 24.8. The highest BCUT2D eigenvalue weighted by Gasteiger charge is 2.16. The number of hydrogen-bond donors (Lipinski definition) is 2. The van der Waals surface area contributed by atoms with Gasteiger partial charge in [0, 0.05) is 16.9 Å². The van der Waals surface area contributed by atoms with Gasteiger partial charge in [0.2, 0.25) is 0 Å². The van der Waals surface area contributed by atoms with Crippen molar-refractivity contribution in [2.24, 2.45) is 0 Å². The molecular weight excluding hydrogens is 352 g/mol. The van der Waals surface area contributed by atoms with Gasteiger partial charge in [-0.2, -0.15) is 0 Å². The fraction of sp³-hybridized carbons (Fsp3) is 0.130. The summed E-state index contributed by atoms with van der Waals surface area (Å²) in [6, 6.07) is 23.5. The molecule has 0 bridgehead atoms. The maximum absolute atomic E-state index is 12.4. The van der Waals surface area contributed by atoms with Crippen LogP contribution in [0, 0.1) is 6.92 Å². The van der Waals surface area contributed by atoms with E-state index in [0.29, 0.717) is 22.7 Å². The summed E-state index contributed by atoms with van der Waals surface area (Å²) < 4.78 is 5.69. The maximum atomic E-state index is 12.4. The molecule has 1 atom stereocenters. The summed E-state index contributed by atoms with van der Waals surface area (Å²) in [5, 5.41) is 5.61. The number of rotatable bonds is 6. The Bertz CT molecular complexity index is 970. The molecule has 5 nitrogen and oxygen atoms in total. The van der Waals surface area contributed by atoms with Crippen LogP contribution in [-0.2, 0) is 4.79 Å². The number of ether oxygens (including phenoxy) is 1. The van der Waals surface area contributed by atoms with Crippen LogP contribution < -0.4 is 15.4 Å². The molecule has 0 spiro atoms. The van der Waals surface area contributed by atoms with Crippen molar-refractivity contribution in [1.29, 1.82) is 0 Å². The Kier molecular flexibility index (Phi) is 6.07. The zero-order chi connectivity index (χ0) is 19.9. The first kappa shape index (κ1) is 19.2. The molecule has 2 amide bonds. The lowest BCUT2D eigenvalue weighted by Crippen LogP contribution is -2.30. The average Bonchev–Trinajstić information content (AvgIpc) is 2.69. The molecule has 142 valence electrons. The molecule has 0 aliphatic carbocycles. The summed E-state index contributed by atoms with van der Waals surface area (Å²) in [6.07, 6.45) is -0.677. The Labute approximate surface area is 164 Å². The molecule has 3 aromatic carbocycles. The number of benzene rings is 3. The van der Waals surface area contributed by atoms with E-state index in [2.05, 4.69) is 10.6 Å². The van der Waals surface area contributed by atoms with Crippen molar-refractivity contribution in [3.63, 3.8) is 0 Å². The van der Waals surface area contributed by atoms with E-state index in [-0.39, 0.29) is 11.8 Å². The van der Waals surface area contributed by atoms with E-state index < -0.39 is 6.10 Å². The van der Waals surface area contributed by atoms with Crippen LogP contribution >= 0.6 is 0 Å². The van der Waals surface area contributed by atoms with Gasteiger partial charge in [-0.3, -0.25) is 9.59 Å². The third-order valence-corrected chi connectivity index (χ3v) is 4.10. The Hall–Kier alpha value is -3.60. The molecule has 0 fully saturated rings. The minimum Gasteiger partial charge on any atom is -0.481 e. The van der Waals surface area contributed by atoms with Crippen LogP contribution in [0.2, 0.25) is 0 Å². The summed E-state index contributed by atoms with van der Waals surface area (Å²) in [7, 11) is 0. The summed E-state index contributed by atoms with van der Waals surface area (Å²) in [5.41, 5.74) is 2.75. The van der Waals surface area contributed by atoms with Gasteiger partial charge in [0.25, 0.3) is 11.8 Å². The number of anilines is 2. The molecule has 0 saturated carbocycles. The highest BCUT2D eigenvalue weighted by molar-refractivity contribution is 6.05. The average molecular weight is 374 g/mol. The van der Waals surface area contributed by atoms with Gasteiger partial charge >= 0.3 is 0 Å². The van der Waals surface area contributed by atoms with Crippen LogP contribution in [-0.4, -0.2) is 17.9 Å². The van der Waals surface area contributed by atoms with E-state index in [1.165, 1.54) is 0 Å². The summed E-state index contributed by atoms with van der Waals surface area (Å²) >= 11 is 0. The van der Waals surface area contributed by atoms with Crippen LogP contribution in [0.25, 0.3) is 0 Å². The number of carbonyl (C=O) groups excluding carboxylic acids is 2. The van der Waals surface area contributed by atoms with Gasteiger partial charge in [-0.05, 0) is 61.9 Å². The predicted molar refractivity (Wildman–Crippen MR) is 111 cm³/mol. The van der Waals surface area contributed by atoms with Crippen molar-refractivity contribution in [2.45, 2.75) is 20.0 Å². The lowest BCUT2D eigenvalue weighted by Gasteiger charge is -2.15. The molecule has 28 heavy (non-hydrogen) atoms. The van der Waals surface area contributed by atoms with Crippen LogP contribution in [0.5, 0.6) is 5.75 Å². The first-order valence-corrected chi connectivity index (χ1v) is 9.02.